The number of hydrogen-bond donors (Lipinski definition) is 1. The minimum Gasteiger partial charge on any atom is -0.479 e. The maximum atomic E-state index is 5.06. The van der Waals surface area contributed by atoms with Crippen LogP contribution in [-0.4, -0.2) is 30.4 Å². The van der Waals surface area contributed by atoms with Gasteiger partial charge in [-0.1, -0.05) is 0 Å². The molecule has 1 aromatic heterocycles. The Morgan fingerprint density at radius 2 is 2.44 bits per heavy atom. The number of aromatic nitrogens is 2. The average Bonchev–Trinajstić information content (AvgIpc) is 2.31. The molecule has 5 heteroatoms. The van der Waals surface area contributed by atoms with E-state index in [0.29, 0.717) is 11.8 Å². The Labute approximate surface area is 104 Å². The van der Waals surface area contributed by atoms with Crippen molar-refractivity contribution in [2.45, 2.75) is 19.3 Å². The molecule has 1 saturated heterocycles. The van der Waals surface area contributed by atoms with E-state index in [4.69, 9.17) is 4.74 Å². The number of ether oxygens (including phenoxy) is 1. The molecule has 0 bridgehead atoms. The van der Waals surface area contributed by atoms with E-state index < -0.39 is 0 Å². The second-order valence-corrected chi connectivity index (χ2v) is 4.96. The number of piperidine rings is 1. The molecule has 1 atom stereocenters. The van der Waals surface area contributed by atoms with Crippen LogP contribution < -0.4 is 10.1 Å². The summed E-state index contributed by atoms with van der Waals surface area (Å²) in [6, 6.07) is 2.00. The lowest BCUT2D eigenvalue weighted by Crippen LogP contribution is -2.31. The smallest absolute Gasteiger partial charge is 0.247 e. The van der Waals surface area contributed by atoms with Gasteiger partial charge in [-0.3, -0.25) is 0 Å². The van der Waals surface area contributed by atoms with Crippen LogP contribution in [0.4, 0.5) is 0 Å². The van der Waals surface area contributed by atoms with E-state index in [9.17, 15) is 0 Å². The van der Waals surface area contributed by atoms with Crippen LogP contribution >= 0.6 is 15.9 Å². The molecule has 16 heavy (non-hydrogen) atoms. The summed E-state index contributed by atoms with van der Waals surface area (Å²) in [5.41, 5.74) is 1.03. The van der Waals surface area contributed by atoms with Gasteiger partial charge in [-0.05, 0) is 60.3 Å². The third-order valence-corrected chi connectivity index (χ3v) is 3.43. The molecule has 1 aliphatic rings. The molecule has 0 amide bonds. The number of nitrogens with zero attached hydrogens (tertiary/aromatic N) is 2. The van der Waals surface area contributed by atoms with Gasteiger partial charge in [0.15, 0.2) is 0 Å². The van der Waals surface area contributed by atoms with E-state index in [0.717, 1.165) is 29.7 Å². The van der Waals surface area contributed by atoms with Crippen LogP contribution in [0.1, 0.15) is 18.5 Å². The molecule has 0 saturated carbocycles. The Bertz CT molecular complexity index is 353. The molecule has 2 heterocycles. The van der Waals surface area contributed by atoms with Gasteiger partial charge < -0.3 is 10.1 Å². The van der Waals surface area contributed by atoms with Gasteiger partial charge in [-0.25, -0.2) is 0 Å². The summed E-state index contributed by atoms with van der Waals surface area (Å²) in [5, 5.41) is 11.6. The number of nitrogens with one attached hydrogen (secondary N) is 1. The fourth-order valence-corrected chi connectivity index (χ4v) is 2.53. The Kier molecular flexibility index (Phi) is 4.12. The van der Waals surface area contributed by atoms with Crippen molar-refractivity contribution < 1.29 is 4.74 Å². The average molecular weight is 286 g/mol. The van der Waals surface area contributed by atoms with Crippen LogP contribution in [-0.2, 0) is 6.42 Å². The Morgan fingerprint density at radius 3 is 3.06 bits per heavy atom. The number of halogens is 1. The standard InChI is InChI=1S/C11H16BrN3O/c1-16-11-10(12)6-9(14-15-11)5-8-3-2-4-13-7-8/h6,8,13H,2-5,7H2,1H3. The lowest BCUT2D eigenvalue weighted by molar-refractivity contribution is 0.367. The Hall–Kier alpha value is -0.680. The molecule has 0 aromatic carbocycles. The molecule has 0 radical (unpaired) electrons. The molecule has 2 rings (SSSR count). The largest absolute Gasteiger partial charge is 0.479 e. The number of methoxy groups -OCH3 is 1. The first-order valence-electron chi connectivity index (χ1n) is 5.56. The monoisotopic (exact) mass is 285 g/mol. The van der Waals surface area contributed by atoms with E-state index in [-0.39, 0.29) is 0 Å². The van der Waals surface area contributed by atoms with Crippen molar-refractivity contribution in [1.82, 2.24) is 15.5 Å². The molecule has 88 valence electrons. The van der Waals surface area contributed by atoms with E-state index in [1.54, 1.807) is 7.11 Å². The number of rotatable bonds is 3. The van der Waals surface area contributed by atoms with Crippen molar-refractivity contribution in [3.05, 3.63) is 16.2 Å². The first kappa shape index (κ1) is 11.8. The summed E-state index contributed by atoms with van der Waals surface area (Å²) in [5.74, 6) is 1.23. The Morgan fingerprint density at radius 1 is 1.56 bits per heavy atom. The first-order valence-corrected chi connectivity index (χ1v) is 6.35. The van der Waals surface area contributed by atoms with Gasteiger partial charge in [0, 0.05) is 0 Å². The van der Waals surface area contributed by atoms with E-state index in [1.165, 1.54) is 12.8 Å². The van der Waals surface area contributed by atoms with Crippen molar-refractivity contribution in [3.8, 4) is 5.88 Å². The molecule has 4 nitrogen and oxygen atoms in total. The molecule has 1 aliphatic heterocycles. The molecule has 1 unspecified atom stereocenters. The highest BCUT2D eigenvalue weighted by Gasteiger charge is 2.15. The molecule has 0 aliphatic carbocycles. The van der Waals surface area contributed by atoms with Crippen LogP contribution in [0, 0.1) is 5.92 Å². The fraction of sp³-hybridized carbons (Fsp3) is 0.636. The van der Waals surface area contributed by atoms with Crippen molar-refractivity contribution in [2.24, 2.45) is 5.92 Å². The minimum absolute atomic E-state index is 0.547. The molecule has 1 fully saturated rings. The van der Waals surface area contributed by atoms with Gasteiger partial charge in [0.05, 0.1) is 17.3 Å². The highest BCUT2D eigenvalue weighted by Crippen LogP contribution is 2.23. The molecule has 1 N–H and O–H groups in total. The summed E-state index contributed by atoms with van der Waals surface area (Å²) in [4.78, 5) is 0. The van der Waals surface area contributed by atoms with Crippen molar-refractivity contribution >= 4 is 15.9 Å². The van der Waals surface area contributed by atoms with Crippen LogP contribution in [0.2, 0.25) is 0 Å². The Balaban J connectivity index is 2.01. The summed E-state index contributed by atoms with van der Waals surface area (Å²) in [7, 11) is 1.60. The lowest BCUT2D eigenvalue weighted by Gasteiger charge is -2.22. The van der Waals surface area contributed by atoms with Crippen molar-refractivity contribution in [2.75, 3.05) is 20.2 Å². The maximum absolute atomic E-state index is 5.06. The number of hydrogen-bond acceptors (Lipinski definition) is 4. The molecular weight excluding hydrogens is 270 g/mol. The second kappa shape index (κ2) is 5.59. The highest BCUT2D eigenvalue weighted by molar-refractivity contribution is 9.10. The predicted octanol–water partition coefficient (Wildman–Crippen LogP) is 1.79. The summed E-state index contributed by atoms with van der Waals surface area (Å²) >= 11 is 3.43. The maximum Gasteiger partial charge on any atom is 0.247 e. The lowest BCUT2D eigenvalue weighted by atomic mass is 9.95. The zero-order valence-corrected chi connectivity index (χ0v) is 11.0. The molecule has 0 spiro atoms. The second-order valence-electron chi connectivity index (χ2n) is 4.11. The fourth-order valence-electron chi connectivity index (χ4n) is 2.03. The normalized spacial score (nSPS) is 20.8. The zero-order chi connectivity index (χ0) is 11.4. The van der Waals surface area contributed by atoms with Crippen LogP contribution in [0.25, 0.3) is 0 Å². The quantitative estimate of drug-likeness (QED) is 0.920. The van der Waals surface area contributed by atoms with Crippen molar-refractivity contribution in [1.29, 1.82) is 0 Å². The summed E-state index contributed by atoms with van der Waals surface area (Å²) < 4.78 is 5.94. The third-order valence-electron chi connectivity index (χ3n) is 2.86. The van der Waals surface area contributed by atoms with E-state index in [2.05, 4.69) is 31.4 Å². The van der Waals surface area contributed by atoms with Gasteiger partial charge in [0.2, 0.25) is 5.88 Å². The van der Waals surface area contributed by atoms with Crippen LogP contribution in [0.3, 0.4) is 0 Å². The topological polar surface area (TPSA) is 47.0 Å². The van der Waals surface area contributed by atoms with Gasteiger partial charge in [0.25, 0.3) is 0 Å². The summed E-state index contributed by atoms with van der Waals surface area (Å²) in [6.45, 7) is 2.24. The first-order chi connectivity index (χ1) is 7.79. The van der Waals surface area contributed by atoms with E-state index >= 15 is 0 Å². The SMILES string of the molecule is COc1nnc(CC2CCCNC2)cc1Br. The van der Waals surface area contributed by atoms with Crippen LogP contribution in [0.15, 0.2) is 10.5 Å². The van der Waals surface area contributed by atoms with E-state index in [1.807, 2.05) is 6.07 Å². The molecule has 1 aromatic rings. The van der Waals surface area contributed by atoms with Crippen molar-refractivity contribution in [3.63, 3.8) is 0 Å². The zero-order valence-electron chi connectivity index (χ0n) is 9.37. The van der Waals surface area contributed by atoms with Gasteiger partial charge in [-0.2, -0.15) is 5.10 Å². The van der Waals surface area contributed by atoms with Gasteiger partial charge >= 0.3 is 0 Å². The summed E-state index contributed by atoms with van der Waals surface area (Å²) in [6.07, 6.45) is 3.52. The van der Waals surface area contributed by atoms with Gasteiger partial charge in [-0.15, -0.1) is 5.10 Å². The van der Waals surface area contributed by atoms with Crippen LogP contribution in [0.5, 0.6) is 5.88 Å². The third kappa shape index (κ3) is 2.92. The molecular formula is C11H16BrN3O. The predicted molar refractivity (Wildman–Crippen MR) is 65.6 cm³/mol. The van der Waals surface area contributed by atoms with Gasteiger partial charge in [0.1, 0.15) is 0 Å². The minimum atomic E-state index is 0.547. The highest BCUT2D eigenvalue weighted by atomic mass is 79.9.